The lowest BCUT2D eigenvalue weighted by atomic mass is 10.2. The molecule has 1 rings (SSSR count). The molecule has 0 unspecified atom stereocenters. The van der Waals surface area contributed by atoms with E-state index in [1.807, 2.05) is 20.9 Å². The van der Waals surface area contributed by atoms with E-state index >= 15 is 0 Å². The van der Waals surface area contributed by atoms with Gasteiger partial charge in [0.1, 0.15) is 11.6 Å². The van der Waals surface area contributed by atoms with E-state index in [0.717, 1.165) is 5.56 Å². The van der Waals surface area contributed by atoms with E-state index in [2.05, 4.69) is 21.2 Å². The van der Waals surface area contributed by atoms with Gasteiger partial charge in [-0.25, -0.2) is 4.39 Å². The van der Waals surface area contributed by atoms with Crippen molar-refractivity contribution in [2.24, 2.45) is 0 Å². The van der Waals surface area contributed by atoms with Crippen LogP contribution >= 0.6 is 15.9 Å². The second-order valence-corrected chi connectivity index (χ2v) is 4.34. The highest BCUT2D eigenvalue weighted by molar-refractivity contribution is 9.10. The first kappa shape index (κ1) is 12.5. The average molecular weight is 276 g/mol. The van der Waals surface area contributed by atoms with Gasteiger partial charge in [0.25, 0.3) is 0 Å². The lowest BCUT2D eigenvalue weighted by Crippen LogP contribution is -2.12. The van der Waals surface area contributed by atoms with Crippen LogP contribution in [0.3, 0.4) is 0 Å². The fraction of sp³-hybridized carbons (Fsp3) is 0.455. The zero-order chi connectivity index (χ0) is 11.4. The number of halogens is 2. The predicted molar refractivity (Wildman–Crippen MR) is 62.6 cm³/mol. The Morgan fingerprint density at radius 2 is 2.13 bits per heavy atom. The van der Waals surface area contributed by atoms with E-state index in [9.17, 15) is 4.39 Å². The zero-order valence-electron chi connectivity index (χ0n) is 9.10. The molecule has 2 nitrogen and oxygen atoms in total. The van der Waals surface area contributed by atoms with Crippen LogP contribution < -0.4 is 10.1 Å². The smallest absolute Gasteiger partial charge is 0.141 e. The number of nitrogens with one attached hydrogen (secondary N) is 1. The largest absolute Gasteiger partial charge is 0.489 e. The van der Waals surface area contributed by atoms with Crippen LogP contribution in [0.2, 0.25) is 0 Å². The molecule has 0 fully saturated rings. The van der Waals surface area contributed by atoms with E-state index in [1.54, 1.807) is 6.07 Å². The highest BCUT2D eigenvalue weighted by Gasteiger charge is 2.13. The quantitative estimate of drug-likeness (QED) is 0.912. The Hall–Kier alpha value is -0.610. The number of ether oxygens (including phenoxy) is 1. The molecule has 4 heteroatoms. The van der Waals surface area contributed by atoms with Crippen LogP contribution in [0.4, 0.5) is 4.39 Å². The molecule has 1 aromatic rings. The first-order chi connectivity index (χ1) is 7.06. The van der Waals surface area contributed by atoms with Gasteiger partial charge in [0.05, 0.1) is 10.6 Å². The lowest BCUT2D eigenvalue weighted by molar-refractivity contribution is 0.236. The molecular formula is C11H15BrFNO. The molecule has 0 saturated heterocycles. The van der Waals surface area contributed by atoms with Crippen molar-refractivity contribution in [1.29, 1.82) is 0 Å². The fourth-order valence-corrected chi connectivity index (χ4v) is 1.75. The number of benzene rings is 1. The average Bonchev–Trinajstić information content (AvgIpc) is 2.17. The number of rotatable bonds is 4. The van der Waals surface area contributed by atoms with Crippen LogP contribution in [0.25, 0.3) is 0 Å². The molecular weight excluding hydrogens is 261 g/mol. The summed E-state index contributed by atoms with van der Waals surface area (Å²) >= 11 is 3.20. The molecule has 0 aliphatic carbocycles. The summed E-state index contributed by atoms with van der Waals surface area (Å²) in [4.78, 5) is 0. The molecule has 1 N–H and O–H groups in total. The number of hydrogen-bond donors (Lipinski definition) is 1. The molecule has 0 aliphatic rings. The highest BCUT2D eigenvalue weighted by atomic mass is 79.9. The molecule has 84 valence electrons. The first-order valence-electron chi connectivity index (χ1n) is 4.84. The van der Waals surface area contributed by atoms with Crippen LogP contribution in [0.1, 0.15) is 19.4 Å². The minimum Gasteiger partial charge on any atom is -0.489 e. The van der Waals surface area contributed by atoms with E-state index in [-0.39, 0.29) is 11.9 Å². The van der Waals surface area contributed by atoms with Crippen LogP contribution in [0.5, 0.6) is 5.75 Å². The van der Waals surface area contributed by atoms with Gasteiger partial charge in [-0.15, -0.1) is 0 Å². The maximum Gasteiger partial charge on any atom is 0.141 e. The normalized spacial score (nSPS) is 10.8. The van der Waals surface area contributed by atoms with Gasteiger partial charge in [0, 0.05) is 12.1 Å². The van der Waals surface area contributed by atoms with Crippen molar-refractivity contribution < 1.29 is 9.13 Å². The summed E-state index contributed by atoms with van der Waals surface area (Å²) in [5.74, 6) is 0.282. The van der Waals surface area contributed by atoms with Gasteiger partial charge < -0.3 is 10.1 Å². The van der Waals surface area contributed by atoms with Gasteiger partial charge in [-0.1, -0.05) is 6.07 Å². The highest BCUT2D eigenvalue weighted by Crippen LogP contribution is 2.32. The van der Waals surface area contributed by atoms with Crippen molar-refractivity contribution in [2.45, 2.75) is 26.5 Å². The molecule has 0 atom stereocenters. The summed E-state index contributed by atoms with van der Waals surface area (Å²) in [5, 5.41) is 3.02. The Balaban J connectivity index is 3.10. The summed E-state index contributed by atoms with van der Waals surface area (Å²) in [6, 6.07) is 3.16. The van der Waals surface area contributed by atoms with Gasteiger partial charge >= 0.3 is 0 Å². The molecule has 0 spiro atoms. The van der Waals surface area contributed by atoms with E-state index in [4.69, 9.17) is 4.74 Å². The first-order valence-corrected chi connectivity index (χ1v) is 5.63. The summed E-state index contributed by atoms with van der Waals surface area (Å²) in [6.07, 6.45) is 0.0266. The maximum absolute atomic E-state index is 13.3. The zero-order valence-corrected chi connectivity index (χ0v) is 10.7. The van der Waals surface area contributed by atoms with Crippen molar-refractivity contribution in [3.63, 3.8) is 0 Å². The van der Waals surface area contributed by atoms with Crippen molar-refractivity contribution in [1.82, 2.24) is 5.32 Å². The molecule has 0 amide bonds. The van der Waals surface area contributed by atoms with Crippen molar-refractivity contribution in [3.8, 4) is 5.75 Å². The van der Waals surface area contributed by atoms with Crippen LogP contribution in [0.15, 0.2) is 16.6 Å². The third-order valence-corrected chi connectivity index (χ3v) is 2.59. The lowest BCUT2D eigenvalue weighted by Gasteiger charge is -2.16. The van der Waals surface area contributed by atoms with Crippen LogP contribution in [0, 0.1) is 5.82 Å². The van der Waals surface area contributed by atoms with Gasteiger partial charge in [-0.05, 0) is 42.9 Å². The molecule has 0 radical (unpaired) electrons. The molecule has 0 bridgehead atoms. The second-order valence-electron chi connectivity index (χ2n) is 3.55. The third kappa shape index (κ3) is 3.18. The van der Waals surface area contributed by atoms with E-state index in [0.29, 0.717) is 16.8 Å². The monoisotopic (exact) mass is 275 g/mol. The molecule has 0 heterocycles. The third-order valence-electron chi connectivity index (χ3n) is 1.85. The van der Waals surface area contributed by atoms with Gasteiger partial charge in [-0.3, -0.25) is 0 Å². The van der Waals surface area contributed by atoms with Gasteiger partial charge in [0.15, 0.2) is 0 Å². The van der Waals surface area contributed by atoms with Crippen molar-refractivity contribution >= 4 is 15.9 Å². The fourth-order valence-electron chi connectivity index (χ4n) is 1.26. The molecule has 0 aliphatic heterocycles. The Morgan fingerprint density at radius 3 is 2.67 bits per heavy atom. The minimum atomic E-state index is -0.300. The Bertz CT molecular complexity index is 342. The van der Waals surface area contributed by atoms with E-state index < -0.39 is 0 Å². The summed E-state index contributed by atoms with van der Waals surface area (Å²) in [6.45, 7) is 4.49. The number of hydrogen-bond acceptors (Lipinski definition) is 2. The second kappa shape index (κ2) is 5.47. The van der Waals surface area contributed by atoms with Crippen LogP contribution in [-0.2, 0) is 6.54 Å². The molecule has 1 aromatic carbocycles. The standard InChI is InChI=1S/C11H15BrFNO/c1-7(2)15-11-8(6-14-3)4-5-9(13)10(11)12/h4-5,7,14H,6H2,1-3H3. The van der Waals surface area contributed by atoms with E-state index in [1.165, 1.54) is 6.07 Å². The SMILES string of the molecule is CNCc1ccc(F)c(Br)c1OC(C)C. The van der Waals surface area contributed by atoms with Gasteiger partial charge in [0.2, 0.25) is 0 Å². The maximum atomic E-state index is 13.3. The summed E-state index contributed by atoms with van der Waals surface area (Å²) in [7, 11) is 1.84. The minimum absolute atomic E-state index is 0.0266. The molecule has 0 saturated carbocycles. The Labute approximate surface area is 98.0 Å². The van der Waals surface area contributed by atoms with Crippen molar-refractivity contribution in [2.75, 3.05) is 7.05 Å². The van der Waals surface area contributed by atoms with Crippen molar-refractivity contribution in [3.05, 3.63) is 28.0 Å². The predicted octanol–water partition coefficient (Wildman–Crippen LogP) is 3.09. The van der Waals surface area contributed by atoms with Crippen LogP contribution in [-0.4, -0.2) is 13.2 Å². The summed E-state index contributed by atoms with van der Waals surface area (Å²) in [5.41, 5.74) is 0.944. The molecule has 15 heavy (non-hydrogen) atoms. The Kier molecular flexibility index (Phi) is 4.54. The molecule has 0 aromatic heterocycles. The topological polar surface area (TPSA) is 21.3 Å². The Morgan fingerprint density at radius 1 is 1.47 bits per heavy atom. The summed E-state index contributed by atoms with van der Waals surface area (Å²) < 4.78 is 19.3. The van der Waals surface area contributed by atoms with Gasteiger partial charge in [-0.2, -0.15) is 0 Å².